The number of amides is 1. The van der Waals surface area contributed by atoms with Gasteiger partial charge in [0.1, 0.15) is 0 Å². The molecule has 0 atom stereocenters. The predicted molar refractivity (Wildman–Crippen MR) is 70.9 cm³/mol. The molecular formula is C13H28N2O2. The number of carbonyl (C=O) groups excluding carboxylic acids is 1. The first-order valence-corrected chi connectivity index (χ1v) is 6.60. The molecule has 4 nitrogen and oxygen atoms in total. The summed E-state index contributed by atoms with van der Waals surface area (Å²) in [5.74, 6) is 0.0536. The summed E-state index contributed by atoms with van der Waals surface area (Å²) < 4.78 is 0. The van der Waals surface area contributed by atoms with Crippen LogP contribution in [0, 0.1) is 5.41 Å². The highest BCUT2D eigenvalue weighted by Crippen LogP contribution is 2.24. The second kappa shape index (κ2) is 8.48. The van der Waals surface area contributed by atoms with E-state index < -0.39 is 0 Å². The van der Waals surface area contributed by atoms with Gasteiger partial charge in [-0.25, -0.2) is 0 Å². The van der Waals surface area contributed by atoms with Gasteiger partial charge in [-0.2, -0.15) is 0 Å². The molecule has 102 valence electrons. The van der Waals surface area contributed by atoms with Crippen molar-refractivity contribution >= 4 is 5.91 Å². The first-order valence-electron chi connectivity index (χ1n) is 6.60. The predicted octanol–water partition coefficient (Wildman–Crippen LogP) is 1.29. The first kappa shape index (κ1) is 16.4. The minimum atomic E-state index is -0.152. The van der Waals surface area contributed by atoms with Crippen LogP contribution >= 0.6 is 0 Å². The summed E-state index contributed by atoms with van der Waals surface area (Å²) in [6.07, 6.45) is 2.25. The van der Waals surface area contributed by atoms with Gasteiger partial charge in [-0.15, -0.1) is 0 Å². The average Bonchev–Trinajstić information content (AvgIpc) is 2.31. The molecule has 4 heteroatoms. The maximum atomic E-state index is 11.6. The molecule has 0 aliphatic heterocycles. The Hall–Kier alpha value is -0.610. The average molecular weight is 244 g/mol. The number of aliphatic hydroxyl groups excluding tert-OH is 1. The smallest absolute Gasteiger partial charge is 0.221 e. The highest BCUT2D eigenvalue weighted by molar-refractivity contribution is 5.76. The van der Waals surface area contributed by atoms with Crippen LogP contribution in [0.1, 0.15) is 47.0 Å². The summed E-state index contributed by atoms with van der Waals surface area (Å²) >= 11 is 0. The van der Waals surface area contributed by atoms with Gasteiger partial charge in [0, 0.05) is 31.0 Å². The Balaban J connectivity index is 3.89. The second-order valence-corrected chi connectivity index (χ2v) is 5.00. The van der Waals surface area contributed by atoms with Crippen LogP contribution < -0.4 is 10.6 Å². The zero-order chi connectivity index (χ0) is 13.3. The zero-order valence-electron chi connectivity index (χ0n) is 11.7. The minimum absolute atomic E-state index is 0.0536. The molecule has 0 aliphatic carbocycles. The maximum absolute atomic E-state index is 11.6. The fourth-order valence-corrected chi connectivity index (χ4v) is 1.63. The first-order chi connectivity index (χ1) is 7.99. The SMILES string of the molecule is CCC(CC)(CO)CNC(=O)CCNC(C)C. The van der Waals surface area contributed by atoms with Crippen LogP contribution in [0.5, 0.6) is 0 Å². The third-order valence-electron chi connectivity index (χ3n) is 3.40. The molecule has 17 heavy (non-hydrogen) atoms. The summed E-state index contributed by atoms with van der Waals surface area (Å²) in [5, 5.41) is 15.5. The van der Waals surface area contributed by atoms with Crippen LogP contribution in [0.3, 0.4) is 0 Å². The minimum Gasteiger partial charge on any atom is -0.396 e. The van der Waals surface area contributed by atoms with E-state index in [0.717, 1.165) is 12.8 Å². The number of hydrogen-bond acceptors (Lipinski definition) is 3. The van der Waals surface area contributed by atoms with Crippen LogP contribution in [-0.2, 0) is 4.79 Å². The Labute approximate surface area is 105 Å². The zero-order valence-corrected chi connectivity index (χ0v) is 11.7. The van der Waals surface area contributed by atoms with Crippen molar-refractivity contribution in [1.29, 1.82) is 0 Å². The Morgan fingerprint density at radius 3 is 2.29 bits per heavy atom. The lowest BCUT2D eigenvalue weighted by atomic mass is 9.83. The molecule has 0 fully saturated rings. The molecule has 1 amide bonds. The van der Waals surface area contributed by atoms with E-state index in [2.05, 4.69) is 24.5 Å². The lowest BCUT2D eigenvalue weighted by Crippen LogP contribution is -2.40. The van der Waals surface area contributed by atoms with Crippen molar-refractivity contribution < 1.29 is 9.90 Å². The summed E-state index contributed by atoms with van der Waals surface area (Å²) in [7, 11) is 0. The molecule has 0 saturated heterocycles. The Bertz CT molecular complexity index is 205. The normalized spacial score (nSPS) is 11.9. The number of aliphatic hydroxyl groups is 1. The van der Waals surface area contributed by atoms with Gasteiger partial charge in [-0.1, -0.05) is 27.7 Å². The van der Waals surface area contributed by atoms with Crippen LogP contribution in [0.25, 0.3) is 0 Å². The molecule has 0 aromatic rings. The Morgan fingerprint density at radius 2 is 1.88 bits per heavy atom. The van der Waals surface area contributed by atoms with E-state index in [9.17, 15) is 9.90 Å². The van der Waals surface area contributed by atoms with Crippen molar-refractivity contribution in [2.75, 3.05) is 19.7 Å². The molecule has 0 aromatic carbocycles. The largest absolute Gasteiger partial charge is 0.396 e. The van der Waals surface area contributed by atoms with Gasteiger partial charge < -0.3 is 15.7 Å². The molecule has 0 saturated carbocycles. The second-order valence-electron chi connectivity index (χ2n) is 5.00. The molecule has 0 heterocycles. The third kappa shape index (κ3) is 6.64. The molecular weight excluding hydrogens is 216 g/mol. The van der Waals surface area contributed by atoms with Crippen molar-refractivity contribution in [2.45, 2.75) is 53.0 Å². The van der Waals surface area contributed by atoms with Gasteiger partial charge in [-0.3, -0.25) is 4.79 Å². The highest BCUT2D eigenvalue weighted by atomic mass is 16.3. The van der Waals surface area contributed by atoms with Gasteiger partial charge >= 0.3 is 0 Å². The third-order valence-corrected chi connectivity index (χ3v) is 3.40. The molecule has 0 radical (unpaired) electrons. The lowest BCUT2D eigenvalue weighted by Gasteiger charge is -2.29. The van der Waals surface area contributed by atoms with E-state index in [1.165, 1.54) is 0 Å². The van der Waals surface area contributed by atoms with E-state index >= 15 is 0 Å². The van der Waals surface area contributed by atoms with E-state index in [1.54, 1.807) is 0 Å². The van der Waals surface area contributed by atoms with Gasteiger partial charge in [0.05, 0.1) is 6.61 Å². The van der Waals surface area contributed by atoms with Gasteiger partial charge in [0.25, 0.3) is 0 Å². The summed E-state index contributed by atoms with van der Waals surface area (Å²) in [6, 6.07) is 0.408. The monoisotopic (exact) mass is 244 g/mol. The van der Waals surface area contributed by atoms with Gasteiger partial charge in [-0.05, 0) is 12.8 Å². The number of carbonyl (C=O) groups is 1. The lowest BCUT2D eigenvalue weighted by molar-refractivity contribution is -0.121. The van der Waals surface area contributed by atoms with Crippen molar-refractivity contribution in [3.05, 3.63) is 0 Å². The van der Waals surface area contributed by atoms with Gasteiger partial charge in [0.15, 0.2) is 0 Å². The Morgan fingerprint density at radius 1 is 1.29 bits per heavy atom. The summed E-state index contributed by atoms with van der Waals surface area (Å²) in [4.78, 5) is 11.6. The number of nitrogens with one attached hydrogen (secondary N) is 2. The quantitative estimate of drug-likeness (QED) is 0.573. The van der Waals surface area contributed by atoms with E-state index in [1.807, 2.05) is 13.8 Å². The molecule has 0 bridgehead atoms. The van der Waals surface area contributed by atoms with Crippen molar-refractivity contribution in [2.24, 2.45) is 5.41 Å². The standard InChI is InChI=1S/C13H28N2O2/c1-5-13(6-2,10-16)9-15-12(17)7-8-14-11(3)4/h11,14,16H,5-10H2,1-4H3,(H,15,17). The molecule has 3 N–H and O–H groups in total. The summed E-state index contributed by atoms with van der Waals surface area (Å²) in [6.45, 7) is 9.61. The molecule has 0 rings (SSSR count). The van der Waals surface area contributed by atoms with Crippen LogP contribution in [0.4, 0.5) is 0 Å². The van der Waals surface area contributed by atoms with Crippen LogP contribution in [0.2, 0.25) is 0 Å². The van der Waals surface area contributed by atoms with Gasteiger partial charge in [0.2, 0.25) is 5.91 Å². The van der Waals surface area contributed by atoms with E-state index in [0.29, 0.717) is 25.6 Å². The van der Waals surface area contributed by atoms with Crippen molar-refractivity contribution in [3.63, 3.8) is 0 Å². The number of hydrogen-bond donors (Lipinski definition) is 3. The van der Waals surface area contributed by atoms with Crippen LogP contribution in [-0.4, -0.2) is 36.8 Å². The topological polar surface area (TPSA) is 61.4 Å². The highest BCUT2D eigenvalue weighted by Gasteiger charge is 2.25. The van der Waals surface area contributed by atoms with Crippen molar-refractivity contribution in [1.82, 2.24) is 10.6 Å². The van der Waals surface area contributed by atoms with Crippen LogP contribution in [0.15, 0.2) is 0 Å². The van der Waals surface area contributed by atoms with E-state index in [-0.39, 0.29) is 17.9 Å². The fourth-order valence-electron chi connectivity index (χ4n) is 1.63. The van der Waals surface area contributed by atoms with Crippen molar-refractivity contribution in [3.8, 4) is 0 Å². The molecule has 0 aromatic heterocycles. The Kier molecular flexibility index (Phi) is 8.17. The molecule has 0 unspecified atom stereocenters. The molecule has 0 spiro atoms. The fraction of sp³-hybridized carbons (Fsp3) is 0.923. The number of rotatable bonds is 9. The summed E-state index contributed by atoms with van der Waals surface area (Å²) in [5.41, 5.74) is -0.152. The molecule has 0 aliphatic rings. The maximum Gasteiger partial charge on any atom is 0.221 e. The van der Waals surface area contributed by atoms with E-state index in [4.69, 9.17) is 0 Å².